The van der Waals surface area contributed by atoms with Gasteiger partial charge in [0.05, 0.1) is 4.90 Å². The minimum absolute atomic E-state index is 0.119. The lowest BCUT2D eigenvalue weighted by atomic mass is 10.2. The Morgan fingerprint density at radius 1 is 1.25 bits per heavy atom. The molecule has 0 saturated heterocycles. The average molecular weight is 246 g/mol. The molecule has 87 valence electrons. The first-order valence-corrected chi connectivity index (χ1v) is 5.78. The van der Waals surface area contributed by atoms with Gasteiger partial charge in [-0.3, -0.25) is 4.84 Å². The molecule has 1 aromatic rings. The van der Waals surface area contributed by atoms with Crippen LogP contribution in [0, 0.1) is 10.1 Å². The van der Waals surface area contributed by atoms with Gasteiger partial charge in [0.15, 0.2) is 0 Å². The van der Waals surface area contributed by atoms with Gasteiger partial charge in [-0.15, -0.1) is 10.1 Å². The van der Waals surface area contributed by atoms with E-state index in [1.54, 1.807) is 0 Å². The van der Waals surface area contributed by atoms with Gasteiger partial charge < -0.3 is 0 Å². The van der Waals surface area contributed by atoms with Crippen molar-refractivity contribution >= 4 is 9.84 Å². The normalized spacial score (nSPS) is 11.1. The molecule has 1 radical (unpaired) electrons. The summed E-state index contributed by atoms with van der Waals surface area (Å²) >= 11 is 0. The van der Waals surface area contributed by atoms with E-state index in [0.29, 0.717) is 5.56 Å². The Hall–Kier alpha value is -1.67. The van der Waals surface area contributed by atoms with E-state index < -0.39 is 27.5 Å². The molecule has 0 amide bonds. The van der Waals surface area contributed by atoms with Crippen LogP contribution in [0.1, 0.15) is 5.56 Å². The van der Waals surface area contributed by atoms with Gasteiger partial charge in [0, 0.05) is 0 Å². The topological polar surface area (TPSA) is 106 Å². The van der Waals surface area contributed by atoms with Crippen LogP contribution in [-0.4, -0.2) is 19.4 Å². The average Bonchev–Trinajstić information content (AvgIpc) is 2.27. The van der Waals surface area contributed by atoms with E-state index in [-0.39, 0.29) is 4.90 Å². The highest BCUT2D eigenvalue weighted by Crippen LogP contribution is 2.12. The Morgan fingerprint density at radius 3 is 2.25 bits per heavy atom. The van der Waals surface area contributed by atoms with E-state index in [1.165, 1.54) is 24.3 Å². The van der Waals surface area contributed by atoms with Crippen LogP contribution in [0.25, 0.3) is 0 Å². The third-order valence-electron chi connectivity index (χ3n) is 1.76. The highest BCUT2D eigenvalue weighted by molar-refractivity contribution is 7.91. The zero-order chi connectivity index (χ0) is 12.2. The Bertz CT molecular complexity index is 466. The first-order chi connectivity index (χ1) is 7.45. The summed E-state index contributed by atoms with van der Waals surface area (Å²) in [6.45, 7) is -0.453. The quantitative estimate of drug-likeness (QED) is 0.557. The molecule has 0 saturated carbocycles. The van der Waals surface area contributed by atoms with E-state index in [4.69, 9.17) is 0 Å². The summed E-state index contributed by atoms with van der Waals surface area (Å²) in [5, 5.41) is 19.1. The van der Waals surface area contributed by atoms with Crippen LogP contribution in [0.15, 0.2) is 29.2 Å². The zero-order valence-corrected chi connectivity index (χ0v) is 8.85. The zero-order valence-electron chi connectivity index (χ0n) is 8.03. The van der Waals surface area contributed by atoms with Crippen molar-refractivity contribution in [2.24, 2.45) is 0 Å². The van der Waals surface area contributed by atoms with E-state index in [0.717, 1.165) is 0 Å². The summed E-state index contributed by atoms with van der Waals surface area (Å²) < 4.78 is 22.9. The predicted molar refractivity (Wildman–Crippen MR) is 51.0 cm³/mol. The van der Waals surface area contributed by atoms with Gasteiger partial charge in [-0.1, -0.05) is 12.1 Å². The molecule has 1 aromatic carbocycles. The molecule has 16 heavy (non-hydrogen) atoms. The summed E-state index contributed by atoms with van der Waals surface area (Å²) in [5.41, 5.74) is 0.439. The third-order valence-corrected chi connectivity index (χ3v) is 3.17. The Labute approximate surface area is 91.3 Å². The predicted octanol–water partition coefficient (Wildman–Crippen LogP) is 0.557. The SMILES string of the molecule is [O]Cc1ccc(S(=O)(=O)CO[N+](=O)[O-])cc1. The Balaban J connectivity index is 2.85. The van der Waals surface area contributed by atoms with Gasteiger partial charge in [0.25, 0.3) is 5.09 Å². The molecule has 7 nitrogen and oxygen atoms in total. The lowest BCUT2D eigenvalue weighted by Crippen LogP contribution is -2.13. The molecule has 0 aliphatic heterocycles. The second kappa shape index (κ2) is 4.90. The summed E-state index contributed by atoms with van der Waals surface area (Å²) in [6.07, 6.45) is 0. The first kappa shape index (κ1) is 12.4. The number of sulfone groups is 1. The fourth-order valence-electron chi connectivity index (χ4n) is 0.973. The van der Waals surface area contributed by atoms with Crippen LogP contribution >= 0.6 is 0 Å². The van der Waals surface area contributed by atoms with E-state index in [2.05, 4.69) is 4.84 Å². The van der Waals surface area contributed by atoms with Crippen LogP contribution in [0.4, 0.5) is 0 Å². The van der Waals surface area contributed by atoms with Crippen molar-refractivity contribution < 1.29 is 23.4 Å². The first-order valence-electron chi connectivity index (χ1n) is 4.13. The van der Waals surface area contributed by atoms with Gasteiger partial charge in [0.2, 0.25) is 15.8 Å². The number of benzene rings is 1. The lowest BCUT2D eigenvalue weighted by Gasteiger charge is -2.03. The maximum Gasteiger partial charge on any atom is 0.295 e. The molecule has 0 heterocycles. The Morgan fingerprint density at radius 2 is 1.81 bits per heavy atom. The van der Waals surface area contributed by atoms with Gasteiger partial charge in [-0.25, -0.2) is 13.5 Å². The molecular weight excluding hydrogens is 238 g/mol. The molecular formula is C8H8NO6S. The summed E-state index contributed by atoms with van der Waals surface area (Å²) in [5.74, 6) is -1.03. The minimum atomic E-state index is -3.85. The van der Waals surface area contributed by atoms with Crippen molar-refractivity contribution in [3.8, 4) is 0 Å². The van der Waals surface area contributed by atoms with E-state index in [1.807, 2.05) is 0 Å². The molecule has 0 aromatic heterocycles. The molecule has 8 heteroatoms. The van der Waals surface area contributed by atoms with Gasteiger partial charge in [-0.05, 0) is 17.7 Å². The molecule has 0 N–H and O–H groups in total. The molecule has 0 aliphatic carbocycles. The fraction of sp³-hybridized carbons (Fsp3) is 0.250. The largest absolute Gasteiger partial charge is 0.297 e. The van der Waals surface area contributed by atoms with Crippen molar-refractivity contribution in [1.29, 1.82) is 0 Å². The molecule has 0 atom stereocenters. The van der Waals surface area contributed by atoms with Crippen molar-refractivity contribution in [2.45, 2.75) is 11.5 Å². The second-order valence-electron chi connectivity index (χ2n) is 2.87. The third kappa shape index (κ3) is 3.17. The highest BCUT2D eigenvalue weighted by Gasteiger charge is 2.16. The summed E-state index contributed by atoms with van der Waals surface area (Å²) in [6, 6.07) is 5.13. The van der Waals surface area contributed by atoms with Gasteiger partial charge in [-0.2, -0.15) is 0 Å². The summed E-state index contributed by atoms with van der Waals surface area (Å²) in [7, 11) is -3.85. The molecule has 1 rings (SSSR count). The van der Waals surface area contributed by atoms with Crippen LogP contribution in [0.3, 0.4) is 0 Å². The highest BCUT2D eigenvalue weighted by atomic mass is 32.2. The molecule has 0 unspecified atom stereocenters. The second-order valence-corrected chi connectivity index (χ2v) is 4.81. The van der Waals surface area contributed by atoms with Crippen molar-refractivity contribution in [1.82, 2.24) is 0 Å². The maximum absolute atomic E-state index is 11.4. The number of nitrogens with zero attached hydrogens (tertiary/aromatic N) is 1. The smallest absolute Gasteiger partial charge is 0.295 e. The lowest BCUT2D eigenvalue weighted by molar-refractivity contribution is -0.752. The van der Waals surface area contributed by atoms with Crippen molar-refractivity contribution in [3.05, 3.63) is 39.9 Å². The van der Waals surface area contributed by atoms with Crippen LogP contribution in [0.5, 0.6) is 0 Å². The molecule has 0 spiro atoms. The maximum atomic E-state index is 11.4. The standard InChI is InChI=1S/C8H8NO6S/c10-5-7-1-3-8(4-2-7)16(13,14)6-15-9(11)12/h1-4H,5-6H2. The number of hydrogen-bond acceptors (Lipinski definition) is 5. The van der Waals surface area contributed by atoms with Gasteiger partial charge >= 0.3 is 0 Å². The fourth-order valence-corrected chi connectivity index (χ4v) is 1.89. The van der Waals surface area contributed by atoms with Crippen molar-refractivity contribution in [2.75, 3.05) is 5.94 Å². The van der Waals surface area contributed by atoms with Crippen LogP contribution < -0.4 is 0 Å². The molecule has 0 aliphatic rings. The number of hydrogen-bond donors (Lipinski definition) is 0. The van der Waals surface area contributed by atoms with Crippen LogP contribution in [0.2, 0.25) is 0 Å². The Kier molecular flexibility index (Phi) is 3.80. The molecule has 0 fully saturated rings. The number of rotatable bonds is 5. The molecule has 0 bridgehead atoms. The summed E-state index contributed by atoms with van der Waals surface area (Å²) in [4.78, 5) is 13.5. The monoisotopic (exact) mass is 246 g/mol. The van der Waals surface area contributed by atoms with Crippen LogP contribution in [-0.2, 0) is 26.4 Å². The van der Waals surface area contributed by atoms with E-state index >= 15 is 0 Å². The van der Waals surface area contributed by atoms with E-state index in [9.17, 15) is 23.6 Å². The van der Waals surface area contributed by atoms with Gasteiger partial charge in [0.1, 0.15) is 6.61 Å². The van der Waals surface area contributed by atoms with Crippen molar-refractivity contribution in [3.63, 3.8) is 0 Å². The minimum Gasteiger partial charge on any atom is -0.297 e.